The highest BCUT2D eigenvalue weighted by molar-refractivity contribution is 6.07. The highest BCUT2D eigenvalue weighted by atomic mass is 16.5. The molecular formula is C39H36O12. The van der Waals surface area contributed by atoms with Gasteiger partial charge in [0, 0.05) is 41.2 Å². The topological polar surface area (TPSA) is 170 Å². The smallest absolute Gasteiger partial charge is 0.224 e. The SMILES string of the molecule is COc1cc2c(cc1OC)C1C(=O)c3ccc4c(c3OC1CO2)CC(C(C)C)O4.O=C1C=CC2=C3c4cc(O)c(O)cc4CC3(O)COC2=C1O. The van der Waals surface area contributed by atoms with E-state index in [0.717, 1.165) is 23.3 Å². The third-order valence-corrected chi connectivity index (χ3v) is 10.3. The maximum absolute atomic E-state index is 13.5. The van der Waals surface area contributed by atoms with Crippen LogP contribution in [0.1, 0.15) is 52.4 Å². The van der Waals surface area contributed by atoms with E-state index < -0.39 is 23.1 Å². The summed E-state index contributed by atoms with van der Waals surface area (Å²) >= 11 is 0. The number of allylic oxidation sites excluding steroid dienone is 2. The molecule has 0 spiro atoms. The lowest BCUT2D eigenvalue weighted by atomic mass is 9.81. The number of aliphatic hydroxyl groups excluding tert-OH is 1. The highest BCUT2D eigenvalue weighted by Gasteiger charge is 2.48. The van der Waals surface area contributed by atoms with Gasteiger partial charge in [-0.25, -0.2) is 0 Å². The highest BCUT2D eigenvalue weighted by Crippen LogP contribution is 2.52. The van der Waals surface area contributed by atoms with Gasteiger partial charge in [-0.1, -0.05) is 13.8 Å². The molecule has 9 rings (SSSR count). The van der Waals surface area contributed by atoms with Crippen molar-refractivity contribution < 1.29 is 58.4 Å². The first-order valence-electron chi connectivity index (χ1n) is 16.7. The van der Waals surface area contributed by atoms with E-state index in [1.807, 2.05) is 18.2 Å². The fourth-order valence-corrected chi connectivity index (χ4v) is 7.72. The summed E-state index contributed by atoms with van der Waals surface area (Å²) in [6, 6.07) is 10.1. The normalized spacial score (nSPS) is 24.6. The van der Waals surface area contributed by atoms with Crippen molar-refractivity contribution in [2.24, 2.45) is 5.92 Å². The van der Waals surface area contributed by atoms with Crippen LogP contribution in [-0.4, -0.2) is 77.2 Å². The summed E-state index contributed by atoms with van der Waals surface area (Å²) in [5.41, 5.74) is 3.17. The Balaban J connectivity index is 0.000000152. The summed E-state index contributed by atoms with van der Waals surface area (Å²) in [4.78, 5) is 25.1. The molecule has 51 heavy (non-hydrogen) atoms. The van der Waals surface area contributed by atoms with Gasteiger partial charge in [-0.05, 0) is 59.5 Å². The predicted octanol–water partition coefficient (Wildman–Crippen LogP) is 4.86. The fourth-order valence-electron chi connectivity index (χ4n) is 7.72. The van der Waals surface area contributed by atoms with E-state index >= 15 is 0 Å². The van der Waals surface area contributed by atoms with Crippen molar-refractivity contribution in [1.29, 1.82) is 0 Å². The number of aromatic hydroxyl groups is 2. The molecule has 4 aliphatic heterocycles. The lowest BCUT2D eigenvalue weighted by Crippen LogP contribution is -2.43. The van der Waals surface area contributed by atoms with E-state index in [2.05, 4.69) is 13.8 Å². The molecule has 0 saturated heterocycles. The van der Waals surface area contributed by atoms with E-state index in [1.165, 1.54) is 24.3 Å². The Bertz CT molecular complexity index is 2120. The zero-order valence-electron chi connectivity index (χ0n) is 28.3. The van der Waals surface area contributed by atoms with Crippen molar-refractivity contribution in [3.05, 3.63) is 93.5 Å². The molecule has 0 saturated carbocycles. The molecule has 2 aliphatic carbocycles. The summed E-state index contributed by atoms with van der Waals surface area (Å²) in [6.07, 6.45) is 3.37. The van der Waals surface area contributed by atoms with Crippen molar-refractivity contribution in [3.8, 4) is 40.2 Å². The lowest BCUT2D eigenvalue weighted by molar-refractivity contribution is -0.114. The minimum Gasteiger partial charge on any atom is -0.504 e. The van der Waals surface area contributed by atoms with E-state index in [1.54, 1.807) is 20.3 Å². The van der Waals surface area contributed by atoms with Crippen LogP contribution in [0, 0.1) is 5.92 Å². The number of carbonyl (C=O) groups is 2. The number of Topliss-reactive ketones (excluding diaryl/α,β-unsaturated/α-hetero) is 1. The standard InChI is InChI=1S/C23H24O6.C16H12O6/c1-11(2)16-8-14-15(28-16)6-5-12-22(24)21-13-7-18(25-3)19(26-4)9-17(13)27-10-20(21)29-23(12)14;17-10-2-1-8-13-9-4-12(19)11(18)3-7(9)5-16(13,21)6-22-15(8)14(10)20/h5-7,9,11,16,20-21H,8,10H2,1-4H3;1-4,18-21H,5-6H2. The van der Waals surface area contributed by atoms with Gasteiger partial charge >= 0.3 is 0 Å². The maximum atomic E-state index is 13.5. The Morgan fingerprint density at radius 3 is 2.37 bits per heavy atom. The molecule has 4 heterocycles. The number of fused-ring (bicyclic) bond motifs is 10. The monoisotopic (exact) mass is 696 g/mol. The number of ether oxygens (including phenoxy) is 6. The molecule has 6 aliphatic rings. The quantitative estimate of drug-likeness (QED) is 0.275. The number of ketones is 2. The van der Waals surface area contributed by atoms with Crippen molar-refractivity contribution in [1.82, 2.24) is 0 Å². The first kappa shape index (κ1) is 32.6. The number of hydrogen-bond acceptors (Lipinski definition) is 12. The van der Waals surface area contributed by atoms with Crippen LogP contribution in [0.2, 0.25) is 0 Å². The van der Waals surface area contributed by atoms with E-state index in [4.69, 9.17) is 28.4 Å². The molecule has 0 bridgehead atoms. The van der Waals surface area contributed by atoms with E-state index in [9.17, 15) is 30.0 Å². The number of phenolic OH excluding ortho intramolecular Hbond substituents is 2. The molecule has 12 heteroatoms. The van der Waals surface area contributed by atoms with Gasteiger partial charge in [0.1, 0.15) is 48.3 Å². The molecule has 4 N–H and O–H groups in total. The van der Waals surface area contributed by atoms with Crippen molar-refractivity contribution in [2.45, 2.75) is 50.4 Å². The van der Waals surface area contributed by atoms with Crippen LogP contribution < -0.4 is 23.7 Å². The predicted molar refractivity (Wildman–Crippen MR) is 181 cm³/mol. The van der Waals surface area contributed by atoms with Gasteiger partial charge in [0.15, 0.2) is 34.5 Å². The number of hydrogen-bond donors (Lipinski definition) is 4. The summed E-state index contributed by atoms with van der Waals surface area (Å²) in [7, 11) is 3.16. The molecule has 0 amide bonds. The zero-order chi connectivity index (χ0) is 35.9. The second-order valence-corrected chi connectivity index (χ2v) is 13.7. The third-order valence-electron chi connectivity index (χ3n) is 10.3. The van der Waals surface area contributed by atoms with Crippen LogP contribution in [0.5, 0.6) is 40.2 Å². The Hall–Kier alpha value is -5.62. The molecule has 3 aromatic rings. The minimum absolute atomic E-state index is 0.0348. The molecule has 12 nitrogen and oxygen atoms in total. The number of methoxy groups -OCH3 is 2. The summed E-state index contributed by atoms with van der Waals surface area (Å²) in [5.74, 6) is 1.66. The van der Waals surface area contributed by atoms with Gasteiger partial charge in [0.2, 0.25) is 11.5 Å². The molecule has 264 valence electrons. The second kappa shape index (κ2) is 11.7. The summed E-state index contributed by atoms with van der Waals surface area (Å²) in [6.45, 7) is 4.45. The maximum Gasteiger partial charge on any atom is 0.224 e. The lowest BCUT2D eigenvalue weighted by Gasteiger charge is -2.37. The van der Waals surface area contributed by atoms with Gasteiger partial charge in [0.05, 0.1) is 25.7 Å². The average Bonchev–Trinajstić information content (AvgIpc) is 3.68. The van der Waals surface area contributed by atoms with E-state index in [-0.39, 0.29) is 48.3 Å². The van der Waals surface area contributed by atoms with Gasteiger partial charge < -0.3 is 48.8 Å². The van der Waals surface area contributed by atoms with Gasteiger partial charge in [0.25, 0.3) is 0 Å². The molecular weight excluding hydrogens is 660 g/mol. The molecule has 3 aromatic carbocycles. The summed E-state index contributed by atoms with van der Waals surface area (Å²) in [5, 5.41) is 40.1. The van der Waals surface area contributed by atoms with Gasteiger partial charge in [-0.15, -0.1) is 0 Å². The minimum atomic E-state index is -1.33. The molecule has 0 fully saturated rings. The van der Waals surface area contributed by atoms with Crippen LogP contribution in [0.3, 0.4) is 0 Å². The largest absolute Gasteiger partial charge is 0.504 e. The Labute approximate surface area is 292 Å². The molecule has 0 aromatic heterocycles. The Morgan fingerprint density at radius 2 is 1.63 bits per heavy atom. The number of benzene rings is 3. The molecule has 4 atom stereocenters. The average molecular weight is 697 g/mol. The number of rotatable bonds is 3. The summed E-state index contributed by atoms with van der Waals surface area (Å²) < 4.78 is 34.6. The van der Waals surface area contributed by atoms with Crippen LogP contribution in [-0.2, 0) is 22.4 Å². The Morgan fingerprint density at radius 1 is 0.882 bits per heavy atom. The van der Waals surface area contributed by atoms with Gasteiger partial charge in [-0.2, -0.15) is 0 Å². The Kier molecular flexibility index (Phi) is 7.49. The fraction of sp³-hybridized carbons (Fsp3) is 0.333. The van der Waals surface area contributed by atoms with Crippen molar-refractivity contribution >= 4 is 17.1 Å². The van der Waals surface area contributed by atoms with Gasteiger partial charge in [-0.3, -0.25) is 9.59 Å². The zero-order valence-corrected chi connectivity index (χ0v) is 28.3. The van der Waals surface area contributed by atoms with Crippen LogP contribution in [0.25, 0.3) is 5.57 Å². The first-order chi connectivity index (χ1) is 24.4. The second-order valence-electron chi connectivity index (χ2n) is 13.7. The van der Waals surface area contributed by atoms with Crippen molar-refractivity contribution in [2.75, 3.05) is 27.4 Å². The first-order valence-corrected chi connectivity index (χ1v) is 16.7. The number of carbonyl (C=O) groups excluding carboxylic acids is 2. The third kappa shape index (κ3) is 4.99. The van der Waals surface area contributed by atoms with Crippen LogP contribution in [0.4, 0.5) is 0 Å². The van der Waals surface area contributed by atoms with E-state index in [0.29, 0.717) is 63.4 Å². The van der Waals surface area contributed by atoms with Crippen LogP contribution in [0.15, 0.2) is 65.6 Å². The van der Waals surface area contributed by atoms with Crippen LogP contribution >= 0.6 is 0 Å². The molecule has 4 unspecified atom stereocenters. The molecule has 0 radical (unpaired) electrons. The van der Waals surface area contributed by atoms with Crippen molar-refractivity contribution in [3.63, 3.8) is 0 Å². The number of phenols is 2. The number of aliphatic hydroxyl groups is 2.